The molecule has 0 bridgehead atoms. The number of hydrogen-bond donors (Lipinski definition) is 1. The summed E-state index contributed by atoms with van der Waals surface area (Å²) in [6.07, 6.45) is 8.49. The Hall–Kier alpha value is -15.3. The van der Waals surface area contributed by atoms with Crippen LogP contribution in [0, 0.1) is 37.3 Å². The molecule has 0 aliphatic heterocycles. The number of para-hydroxylation sites is 1. The van der Waals surface area contributed by atoms with Crippen LogP contribution in [0.5, 0.6) is 0 Å². The summed E-state index contributed by atoms with van der Waals surface area (Å²) >= 11 is 0. The predicted octanol–water partition coefficient (Wildman–Crippen LogP) is 34.2. The largest absolute Gasteiger partial charge is 0.512 e. The van der Waals surface area contributed by atoms with E-state index in [9.17, 15) is 4.79 Å². The fourth-order valence-corrected chi connectivity index (χ4v) is 21.7. The van der Waals surface area contributed by atoms with Crippen LogP contribution in [0.1, 0.15) is 94.3 Å². The van der Waals surface area contributed by atoms with Crippen molar-refractivity contribution in [3.05, 3.63) is 500 Å². The molecule has 0 atom stereocenters. The Morgan fingerprint density at radius 3 is 1.12 bits per heavy atom. The van der Waals surface area contributed by atoms with Crippen LogP contribution >= 0.6 is 0 Å². The molecule has 0 spiro atoms. The molecule has 0 saturated carbocycles. The van der Waals surface area contributed by atoms with Gasteiger partial charge >= 0.3 is 0 Å². The van der Waals surface area contributed by atoms with Crippen LogP contribution in [0.2, 0.25) is 0 Å². The molecular weight excluding hydrogens is 2290 g/mol. The molecule has 144 heavy (non-hydrogen) atoms. The molecule has 3 radical (unpaired) electrons. The third-order valence-electron chi connectivity index (χ3n) is 28.3. The quantitative estimate of drug-likeness (QED) is 0.0734. The van der Waals surface area contributed by atoms with Crippen molar-refractivity contribution in [2.24, 2.45) is 0 Å². The number of ketones is 1. The molecule has 10 heteroatoms. The first-order chi connectivity index (χ1) is 68.8. The first kappa shape index (κ1) is 97.5. The zero-order valence-corrected chi connectivity index (χ0v) is 88.2. The van der Waals surface area contributed by atoms with Crippen LogP contribution in [-0.4, -0.2) is 35.8 Å². The monoisotopic (exact) mass is 2390 g/mol. The van der Waals surface area contributed by atoms with E-state index in [1.807, 2.05) is 122 Å². The number of fused-ring (bicyclic) bond motifs is 30. The topological polar surface area (TPSA) is 102 Å². The molecule has 0 fully saturated rings. The fourth-order valence-electron chi connectivity index (χ4n) is 21.7. The summed E-state index contributed by atoms with van der Waals surface area (Å²) in [5, 5.41) is 33.4. The smallest absolute Gasteiger partial charge is 0.155 e. The maximum atomic E-state index is 10.0. The fraction of sp³-hybridized carbons (Fsp3) is 0.0896. The first-order valence-electron chi connectivity index (χ1n) is 48.1. The van der Waals surface area contributed by atoms with Gasteiger partial charge in [-0.15, -0.1) is 154 Å². The van der Waals surface area contributed by atoms with E-state index in [-0.39, 0.29) is 88.1 Å². The van der Waals surface area contributed by atoms with Crippen molar-refractivity contribution in [2.45, 2.75) is 78.6 Å². The summed E-state index contributed by atoms with van der Waals surface area (Å²) in [4.78, 5) is 32.7. The van der Waals surface area contributed by atoms with E-state index in [1.165, 1.54) is 200 Å². The number of aromatic nitrogens is 5. The van der Waals surface area contributed by atoms with E-state index < -0.39 is 0 Å². The zero-order valence-electron chi connectivity index (χ0n) is 81.0. The Balaban J connectivity index is 0.000000115. The van der Waals surface area contributed by atoms with E-state index >= 15 is 0 Å². The van der Waals surface area contributed by atoms with Gasteiger partial charge in [-0.3, -0.25) is 9.78 Å². The number of hydrogen-bond acceptors (Lipinski definition) is 7. The Bertz CT molecular complexity index is 8670. The molecule has 7 nitrogen and oxygen atoms in total. The molecular formula is C134H98Ir3N5O2-5. The van der Waals surface area contributed by atoms with Crippen molar-refractivity contribution in [3.63, 3.8) is 0 Å². The number of carbonyl (C=O) groups is 1. The minimum atomic E-state index is -0.131. The number of aryl methyl sites for hydroxylation is 1. The number of rotatable bonds is 7. The number of aliphatic hydroxyl groups excluding tert-OH is 1. The summed E-state index contributed by atoms with van der Waals surface area (Å²) in [5.41, 5.74) is 30.4. The van der Waals surface area contributed by atoms with Gasteiger partial charge in [0.1, 0.15) is 0 Å². The van der Waals surface area contributed by atoms with Crippen LogP contribution in [-0.2, 0) is 81.4 Å². The number of allylic oxidation sites excluding steroid dienone is 2. The molecule has 3 aliphatic carbocycles. The van der Waals surface area contributed by atoms with Crippen LogP contribution < -0.4 is 0 Å². The van der Waals surface area contributed by atoms with Gasteiger partial charge in [-0.25, -0.2) is 0 Å². The van der Waals surface area contributed by atoms with Crippen molar-refractivity contribution < 1.29 is 70.2 Å². The van der Waals surface area contributed by atoms with Crippen molar-refractivity contribution in [1.29, 1.82) is 0 Å². The summed E-state index contributed by atoms with van der Waals surface area (Å²) in [7, 11) is 0. The van der Waals surface area contributed by atoms with Gasteiger partial charge in [-0.2, -0.15) is 0 Å². The Morgan fingerprint density at radius 1 is 0.278 bits per heavy atom. The standard InChI is InChI=1S/C36H24N.2C32H22N.C17H12N.C12H10N.C5H8O2.3Ir/c1-36(2)32-17-15-23(35-18-16-22-9-3-8-14-34(22)37-35)19-30(32)31-20-28-26-12-6-4-10-24(26)25-11-5-7-13-27(25)29(28)21-33(31)36;2*1-32(2)28-19-20(29-13-7-8-18-33-29)14-15-24(28)27-17-16-26-23-11-4-3-9-21(23)22-10-5-6-12-25(22)30(26)31(27)32;1-2-6-14(7-3-1)15-9-11-16(12-10-15)17-8-4-5-13-18-17;1-10-7-8-13-12(9-10)11-5-3-2-4-6-11;1-4(6)3-5(2)7;;;/h3-14,16-21H,1-2H3;2*3-13,15-19H,1-2H3;1-11,13H;2-5,7-9H,1H3;3,6H,1-2H3;;;/q5*-1;;;;. The van der Waals surface area contributed by atoms with Gasteiger partial charge in [-0.05, 0) is 233 Å². The van der Waals surface area contributed by atoms with E-state index in [2.05, 4.69) is 390 Å². The van der Waals surface area contributed by atoms with Crippen molar-refractivity contribution >= 4 is 114 Å². The predicted molar refractivity (Wildman–Crippen MR) is 588 cm³/mol. The zero-order chi connectivity index (χ0) is 96.2. The third-order valence-corrected chi connectivity index (χ3v) is 28.3. The average Bonchev–Trinajstić information content (AvgIpc) is 1.52. The first-order valence-corrected chi connectivity index (χ1v) is 48.1. The molecule has 703 valence electrons. The van der Waals surface area contributed by atoms with Gasteiger partial charge < -0.3 is 25.0 Å². The normalized spacial score (nSPS) is 12.7. The molecule has 0 unspecified atom stereocenters. The van der Waals surface area contributed by atoms with Crippen molar-refractivity contribution in [1.82, 2.24) is 24.9 Å². The van der Waals surface area contributed by atoms with Gasteiger partial charge in [0, 0.05) is 91.2 Å². The summed E-state index contributed by atoms with van der Waals surface area (Å²) in [5.74, 6) is -0.0625. The van der Waals surface area contributed by atoms with E-state index in [4.69, 9.17) is 10.1 Å². The molecule has 24 aromatic rings. The summed E-state index contributed by atoms with van der Waals surface area (Å²) in [6.45, 7) is 19.1. The van der Waals surface area contributed by atoms with Gasteiger partial charge in [0.2, 0.25) is 0 Å². The molecule has 0 amide bonds. The molecule has 0 saturated heterocycles. The van der Waals surface area contributed by atoms with E-state index in [0.717, 1.165) is 67.2 Å². The van der Waals surface area contributed by atoms with Crippen LogP contribution in [0.15, 0.2) is 431 Å². The second-order valence-electron chi connectivity index (χ2n) is 38.2. The number of aliphatic hydroxyl groups is 1. The third kappa shape index (κ3) is 18.2. The van der Waals surface area contributed by atoms with Gasteiger partial charge in [0.05, 0.1) is 11.3 Å². The molecule has 3 aliphatic rings. The maximum Gasteiger partial charge on any atom is 0.155 e. The number of pyridine rings is 5. The van der Waals surface area contributed by atoms with Gasteiger partial charge in [0.15, 0.2) is 5.78 Å². The van der Waals surface area contributed by atoms with E-state index in [1.54, 1.807) is 6.20 Å². The number of carbonyl (C=O) groups excluding carboxylic acids is 1. The molecule has 27 rings (SSSR count). The van der Waals surface area contributed by atoms with Crippen LogP contribution in [0.4, 0.5) is 0 Å². The van der Waals surface area contributed by atoms with Gasteiger partial charge in [-0.1, -0.05) is 359 Å². The van der Waals surface area contributed by atoms with Crippen molar-refractivity contribution in [2.75, 3.05) is 0 Å². The second-order valence-corrected chi connectivity index (χ2v) is 38.2. The molecule has 5 aromatic heterocycles. The summed E-state index contributed by atoms with van der Waals surface area (Å²) < 4.78 is 0. The minimum absolute atomic E-state index is 0. The Kier molecular flexibility index (Phi) is 27.7. The Labute approximate surface area is 880 Å². The second kappa shape index (κ2) is 41.0. The van der Waals surface area contributed by atoms with E-state index in [0.29, 0.717) is 0 Å². The number of nitrogens with zero attached hydrogens (tertiary/aromatic N) is 5. The maximum absolute atomic E-state index is 10.0. The van der Waals surface area contributed by atoms with Crippen LogP contribution in [0.25, 0.3) is 209 Å². The van der Waals surface area contributed by atoms with Gasteiger partial charge in [0.25, 0.3) is 0 Å². The molecule has 1 N–H and O–H groups in total. The summed E-state index contributed by atoms with van der Waals surface area (Å²) in [6, 6.07) is 157. The average molecular weight is 2390 g/mol. The number of benzene rings is 19. The Morgan fingerprint density at radius 2 is 0.674 bits per heavy atom. The molecule has 19 aromatic carbocycles. The minimum Gasteiger partial charge on any atom is -0.512 e. The molecule has 5 heterocycles. The van der Waals surface area contributed by atoms with Crippen LogP contribution in [0.3, 0.4) is 0 Å². The van der Waals surface area contributed by atoms with Crippen molar-refractivity contribution in [3.8, 4) is 101 Å². The SMILES string of the molecule is CC(=O)C=C(C)O.CC1(C)c2c[c-]c(-c3ccc4ccccc4n3)cc2-c2cc3c4ccccc4c4ccccc4c3cc21.CC1(C)c2cc(-c3ccccn3)[c-]cc2-c2ccc3c4ccccc4c4ccccc4c3c21.CC1(C)c2cc(-c3ccccn3)[c-]cc2-c2ccc3c4ccccc4c4ccccc4c3c21.Cc1ccnc(-c2[c-]cccc2)c1.[Ir].[Ir].[Ir].[c-]1cc(-c2ccccc2)ccc1-c1ccccn1.